The van der Waals surface area contributed by atoms with E-state index in [1.807, 2.05) is 31.2 Å². The molecule has 7 heteroatoms. The fourth-order valence-electron chi connectivity index (χ4n) is 2.67. The molecule has 3 rings (SSSR count). The normalized spacial score (nSPS) is 10.1. The first-order valence-corrected chi connectivity index (χ1v) is 8.40. The van der Waals surface area contributed by atoms with Gasteiger partial charge in [0.25, 0.3) is 0 Å². The third-order valence-electron chi connectivity index (χ3n) is 3.94. The van der Waals surface area contributed by atoms with Gasteiger partial charge < -0.3 is 10.1 Å². The van der Waals surface area contributed by atoms with Crippen LogP contribution in [0.1, 0.15) is 18.2 Å². The molecule has 0 saturated heterocycles. The van der Waals surface area contributed by atoms with Gasteiger partial charge in [-0.3, -0.25) is 5.41 Å². The molecule has 0 aliphatic carbocycles. The molecular weight excluding hydrogens is 384 g/mol. The molecule has 0 saturated carbocycles. The molecule has 28 heavy (non-hydrogen) atoms. The predicted molar refractivity (Wildman–Crippen MR) is 109 cm³/mol. The molecule has 0 bridgehead atoms. The van der Waals surface area contributed by atoms with Crippen LogP contribution in [0.4, 0.5) is 14.5 Å². The maximum atomic E-state index is 13.9. The number of aromatic nitrogens is 1. The number of para-hydroxylation sites is 1. The van der Waals surface area contributed by atoms with Crippen LogP contribution in [0, 0.1) is 24.0 Å². The number of anilines is 1. The molecule has 1 aromatic heterocycles. The molecule has 0 unspecified atom stereocenters. The zero-order chi connectivity index (χ0) is 19.4. The largest absolute Gasteiger partial charge is 0.486 e. The highest BCUT2D eigenvalue weighted by molar-refractivity contribution is 5.95. The summed E-state index contributed by atoms with van der Waals surface area (Å²) in [7, 11) is 0. The van der Waals surface area contributed by atoms with Crippen molar-refractivity contribution in [2.45, 2.75) is 20.5 Å². The average molecular weight is 404 g/mol. The quantitative estimate of drug-likeness (QED) is 0.421. The van der Waals surface area contributed by atoms with Gasteiger partial charge in [-0.05, 0) is 44.2 Å². The van der Waals surface area contributed by atoms with E-state index in [1.165, 1.54) is 18.2 Å². The summed E-state index contributed by atoms with van der Waals surface area (Å²) in [5.74, 6) is -0.623. The molecule has 4 nitrogen and oxygen atoms in total. The van der Waals surface area contributed by atoms with Crippen molar-refractivity contribution < 1.29 is 13.5 Å². The van der Waals surface area contributed by atoms with Gasteiger partial charge in [0.1, 0.15) is 29.7 Å². The van der Waals surface area contributed by atoms with Crippen molar-refractivity contribution in [2.24, 2.45) is 0 Å². The lowest BCUT2D eigenvalue weighted by Gasteiger charge is -2.15. The summed E-state index contributed by atoms with van der Waals surface area (Å²) in [6.07, 6.45) is 0. The van der Waals surface area contributed by atoms with Crippen molar-refractivity contribution in [1.82, 2.24) is 4.98 Å². The number of nitrogens with one attached hydrogen (secondary N) is 2. The van der Waals surface area contributed by atoms with E-state index in [1.54, 1.807) is 19.1 Å². The van der Waals surface area contributed by atoms with Crippen LogP contribution < -0.4 is 10.1 Å². The second-order valence-electron chi connectivity index (χ2n) is 6.08. The van der Waals surface area contributed by atoms with E-state index in [0.717, 1.165) is 11.3 Å². The van der Waals surface area contributed by atoms with E-state index in [4.69, 9.17) is 10.1 Å². The van der Waals surface area contributed by atoms with E-state index in [-0.39, 0.29) is 30.4 Å². The van der Waals surface area contributed by atoms with E-state index in [0.29, 0.717) is 17.1 Å². The molecule has 3 aromatic rings. The molecule has 0 fully saturated rings. The first-order valence-electron chi connectivity index (χ1n) is 8.40. The second-order valence-corrected chi connectivity index (χ2v) is 6.08. The first-order chi connectivity index (χ1) is 13.0. The van der Waals surface area contributed by atoms with E-state index in [2.05, 4.69) is 10.3 Å². The molecule has 0 aliphatic heterocycles. The Bertz CT molecular complexity index is 975. The van der Waals surface area contributed by atoms with Gasteiger partial charge in [-0.25, -0.2) is 13.8 Å². The number of hydrogen-bond donors (Lipinski definition) is 2. The van der Waals surface area contributed by atoms with Crippen LogP contribution in [-0.2, 0) is 6.61 Å². The zero-order valence-electron chi connectivity index (χ0n) is 15.4. The van der Waals surface area contributed by atoms with Gasteiger partial charge in [-0.1, -0.05) is 24.3 Å². The lowest BCUT2D eigenvalue weighted by molar-refractivity contribution is 0.292. The molecular formula is C21H20ClF2N3O. The lowest BCUT2D eigenvalue weighted by Crippen LogP contribution is -2.07. The Labute approximate surface area is 168 Å². The summed E-state index contributed by atoms with van der Waals surface area (Å²) >= 11 is 0. The summed E-state index contributed by atoms with van der Waals surface area (Å²) in [6.45, 7) is 3.23. The maximum Gasteiger partial charge on any atom is 0.146 e. The number of benzene rings is 2. The Morgan fingerprint density at radius 1 is 1.04 bits per heavy atom. The predicted octanol–water partition coefficient (Wildman–Crippen LogP) is 5.75. The Kier molecular flexibility index (Phi) is 7.06. The molecule has 0 spiro atoms. The van der Waals surface area contributed by atoms with Crippen LogP contribution in [0.3, 0.4) is 0 Å². The summed E-state index contributed by atoms with van der Waals surface area (Å²) in [5.41, 5.74) is 2.61. The van der Waals surface area contributed by atoms with Gasteiger partial charge >= 0.3 is 0 Å². The highest BCUT2D eigenvalue weighted by Crippen LogP contribution is 2.34. The summed E-state index contributed by atoms with van der Waals surface area (Å²) in [6, 6.07) is 14.6. The van der Waals surface area contributed by atoms with Crippen LogP contribution >= 0.6 is 12.4 Å². The summed E-state index contributed by atoms with van der Waals surface area (Å²) in [4.78, 5) is 4.55. The number of amidine groups is 1. The molecule has 0 radical (unpaired) electrons. The van der Waals surface area contributed by atoms with Crippen LogP contribution in [-0.4, -0.2) is 10.8 Å². The maximum absolute atomic E-state index is 13.9. The van der Waals surface area contributed by atoms with Crippen LogP contribution in [0.25, 0.3) is 11.3 Å². The Morgan fingerprint density at radius 3 is 2.39 bits per heavy atom. The van der Waals surface area contributed by atoms with Crippen molar-refractivity contribution in [1.29, 1.82) is 5.41 Å². The highest BCUT2D eigenvalue weighted by Gasteiger charge is 2.15. The Hall–Kier alpha value is -2.99. The SMILES string of the molecule is CC(=N)Nc1ccccc1-c1nc(C)ccc1OCc1c(F)cccc1F.Cl. The number of pyridine rings is 1. The minimum absolute atomic E-state index is 0. The molecule has 146 valence electrons. The molecule has 0 atom stereocenters. The highest BCUT2D eigenvalue weighted by atomic mass is 35.5. The topological polar surface area (TPSA) is 58.0 Å². The van der Waals surface area contributed by atoms with Crippen molar-refractivity contribution in [2.75, 3.05) is 5.32 Å². The van der Waals surface area contributed by atoms with Gasteiger partial charge in [-0.15, -0.1) is 12.4 Å². The van der Waals surface area contributed by atoms with Crippen LogP contribution in [0.5, 0.6) is 5.75 Å². The fraction of sp³-hybridized carbons (Fsp3) is 0.143. The molecule has 2 aromatic carbocycles. The van der Waals surface area contributed by atoms with Gasteiger partial charge in [0, 0.05) is 16.9 Å². The Morgan fingerprint density at radius 2 is 1.71 bits per heavy atom. The third kappa shape index (κ3) is 4.84. The van der Waals surface area contributed by atoms with Gasteiger partial charge in [0.2, 0.25) is 0 Å². The fourth-order valence-corrected chi connectivity index (χ4v) is 2.67. The van der Waals surface area contributed by atoms with Gasteiger partial charge in [0.05, 0.1) is 11.4 Å². The number of aryl methyl sites for hydroxylation is 1. The first kappa shape index (κ1) is 21.3. The number of ether oxygens (including phenoxy) is 1. The zero-order valence-corrected chi connectivity index (χ0v) is 16.2. The minimum atomic E-state index is -0.655. The summed E-state index contributed by atoms with van der Waals surface area (Å²) in [5, 5.41) is 10.7. The van der Waals surface area contributed by atoms with Gasteiger partial charge in [-0.2, -0.15) is 0 Å². The van der Waals surface area contributed by atoms with Crippen molar-refractivity contribution >= 4 is 23.9 Å². The minimum Gasteiger partial charge on any atom is -0.486 e. The monoisotopic (exact) mass is 403 g/mol. The Balaban J connectivity index is 0.00000280. The van der Waals surface area contributed by atoms with Gasteiger partial charge in [0.15, 0.2) is 0 Å². The number of nitrogens with zero attached hydrogens (tertiary/aromatic N) is 1. The average Bonchev–Trinajstić information content (AvgIpc) is 2.62. The van der Waals surface area contributed by atoms with Crippen LogP contribution in [0.15, 0.2) is 54.6 Å². The molecule has 2 N–H and O–H groups in total. The molecule has 0 aliphatic rings. The molecule has 0 amide bonds. The van der Waals surface area contributed by atoms with E-state index >= 15 is 0 Å². The lowest BCUT2D eigenvalue weighted by atomic mass is 10.1. The number of rotatable bonds is 5. The third-order valence-corrected chi connectivity index (χ3v) is 3.94. The second kappa shape index (κ2) is 9.28. The van der Waals surface area contributed by atoms with Crippen molar-refractivity contribution in [3.05, 3.63) is 77.5 Å². The standard InChI is InChI=1S/C21H19F2N3O.ClH/c1-13-10-11-20(27-12-16-17(22)7-5-8-18(16)23)21(25-13)15-6-3-4-9-19(15)26-14(2)24;/h3-11H,12H2,1-2H3,(H2,24,26);1H. The van der Waals surface area contributed by atoms with E-state index < -0.39 is 11.6 Å². The number of halogens is 3. The number of hydrogen-bond acceptors (Lipinski definition) is 3. The van der Waals surface area contributed by atoms with Crippen molar-refractivity contribution in [3.63, 3.8) is 0 Å². The van der Waals surface area contributed by atoms with E-state index in [9.17, 15) is 8.78 Å². The molecule has 1 heterocycles. The smallest absolute Gasteiger partial charge is 0.146 e. The van der Waals surface area contributed by atoms with Crippen molar-refractivity contribution in [3.8, 4) is 17.0 Å². The van der Waals surface area contributed by atoms with Crippen LogP contribution in [0.2, 0.25) is 0 Å². The summed E-state index contributed by atoms with van der Waals surface area (Å²) < 4.78 is 33.5.